The predicted octanol–water partition coefficient (Wildman–Crippen LogP) is 0.686. The van der Waals surface area contributed by atoms with Crippen LogP contribution in [0.1, 0.15) is 13.8 Å². The van der Waals surface area contributed by atoms with Gasteiger partial charge in [0.2, 0.25) is 9.47 Å². The van der Waals surface area contributed by atoms with E-state index in [0.29, 0.717) is 13.1 Å². The number of anilines is 1. The minimum Gasteiger partial charge on any atom is -0.330 e. The molecule has 0 aliphatic heterocycles. The van der Waals surface area contributed by atoms with Crippen molar-refractivity contribution in [1.82, 2.24) is 19.4 Å². The van der Waals surface area contributed by atoms with Crippen molar-refractivity contribution < 1.29 is 13.2 Å². The molecule has 0 N–H and O–H groups in total. The molecule has 0 bridgehead atoms. The number of nitrogens with zero attached hydrogens (tertiary/aromatic N) is 5. The van der Waals surface area contributed by atoms with Crippen LogP contribution in [0, 0.1) is 0 Å². The van der Waals surface area contributed by atoms with Crippen LogP contribution in [0.2, 0.25) is 0 Å². The molecule has 0 aromatic carbocycles. The van der Waals surface area contributed by atoms with Gasteiger partial charge in [0, 0.05) is 34.2 Å². The highest BCUT2D eigenvalue weighted by Crippen LogP contribution is 2.25. The highest BCUT2D eigenvalue weighted by molar-refractivity contribution is 7.91. The fourth-order valence-electron chi connectivity index (χ4n) is 1.50. The number of carbonyl (C=O) groups excluding carboxylic acids is 1. The molecule has 8 nitrogen and oxygen atoms in total. The Bertz CT molecular complexity index is 565. The summed E-state index contributed by atoms with van der Waals surface area (Å²) in [4.78, 5) is 14.4. The van der Waals surface area contributed by atoms with Crippen LogP contribution in [0.5, 0.6) is 0 Å². The molecule has 0 unspecified atom stereocenters. The molecule has 0 saturated heterocycles. The van der Waals surface area contributed by atoms with E-state index < -0.39 is 10.0 Å². The molecular weight excluding hydrogens is 302 g/mol. The Morgan fingerprint density at radius 2 is 1.70 bits per heavy atom. The second-order valence-electron chi connectivity index (χ2n) is 4.18. The van der Waals surface area contributed by atoms with Gasteiger partial charge in [0.15, 0.2) is 0 Å². The topological polar surface area (TPSA) is 86.7 Å². The fraction of sp³-hybridized carbons (Fsp3) is 0.700. The Morgan fingerprint density at radius 1 is 1.15 bits per heavy atom. The monoisotopic (exact) mass is 321 g/mol. The number of rotatable bonds is 5. The lowest BCUT2D eigenvalue weighted by Crippen LogP contribution is -2.36. The summed E-state index contributed by atoms with van der Waals surface area (Å²) < 4.78 is 25.7. The molecule has 1 rings (SSSR count). The number of hydrogen-bond acceptors (Lipinski definition) is 6. The summed E-state index contributed by atoms with van der Waals surface area (Å²) in [6.45, 7) is 4.23. The zero-order valence-corrected chi connectivity index (χ0v) is 13.8. The van der Waals surface area contributed by atoms with Gasteiger partial charge in [-0.2, -0.15) is 4.31 Å². The molecule has 2 amide bonds. The van der Waals surface area contributed by atoms with Crippen molar-refractivity contribution >= 4 is 32.5 Å². The zero-order valence-electron chi connectivity index (χ0n) is 12.2. The first-order chi connectivity index (χ1) is 9.25. The third-order valence-corrected chi connectivity index (χ3v) is 6.01. The first kappa shape index (κ1) is 16.8. The third kappa shape index (κ3) is 3.25. The number of aromatic nitrogens is 2. The molecule has 0 atom stereocenters. The van der Waals surface area contributed by atoms with E-state index in [1.807, 2.05) is 0 Å². The fourth-order valence-corrected chi connectivity index (χ4v) is 4.04. The summed E-state index contributed by atoms with van der Waals surface area (Å²) in [6, 6.07) is -0.298. The van der Waals surface area contributed by atoms with E-state index in [-0.39, 0.29) is 15.5 Å². The van der Waals surface area contributed by atoms with E-state index in [0.717, 1.165) is 11.3 Å². The predicted molar refractivity (Wildman–Crippen MR) is 77.5 cm³/mol. The highest BCUT2D eigenvalue weighted by Gasteiger charge is 2.28. The average Bonchev–Trinajstić information content (AvgIpc) is 2.88. The van der Waals surface area contributed by atoms with Crippen molar-refractivity contribution in [3.05, 3.63) is 0 Å². The van der Waals surface area contributed by atoms with E-state index in [4.69, 9.17) is 0 Å². The maximum Gasteiger partial charge on any atom is 0.325 e. The standard InChI is InChI=1S/C10H19N5O3S2/c1-6-15(7-2)20(17,18)9-12-11-8(19-9)14(5)10(16)13(3)4/h6-7H2,1-5H3. The Balaban J connectivity index is 3.06. The van der Waals surface area contributed by atoms with Gasteiger partial charge in [-0.05, 0) is 0 Å². The molecule has 1 aromatic heterocycles. The largest absolute Gasteiger partial charge is 0.330 e. The van der Waals surface area contributed by atoms with Crippen LogP contribution in [-0.2, 0) is 10.0 Å². The van der Waals surface area contributed by atoms with E-state index in [1.165, 1.54) is 21.2 Å². The molecular formula is C10H19N5O3S2. The lowest BCUT2D eigenvalue weighted by Gasteiger charge is -2.18. The van der Waals surface area contributed by atoms with Crippen LogP contribution in [-0.4, -0.2) is 68.1 Å². The first-order valence-corrected chi connectivity index (χ1v) is 8.30. The van der Waals surface area contributed by atoms with Crippen LogP contribution < -0.4 is 4.90 Å². The number of carbonyl (C=O) groups is 1. The Labute approximate surface area is 123 Å². The quantitative estimate of drug-likeness (QED) is 0.745. The minimum absolute atomic E-state index is 0.102. The number of urea groups is 1. The highest BCUT2D eigenvalue weighted by atomic mass is 32.2. The maximum atomic E-state index is 12.3. The molecule has 0 fully saturated rings. The normalized spacial score (nSPS) is 11.7. The Hall–Kier alpha value is -1.26. The molecule has 114 valence electrons. The second-order valence-corrected chi connectivity index (χ2v) is 7.24. The average molecular weight is 321 g/mol. The molecule has 1 heterocycles. The number of amides is 2. The summed E-state index contributed by atoms with van der Waals surface area (Å²) in [7, 11) is 1.10. The van der Waals surface area contributed by atoms with Gasteiger partial charge in [0.1, 0.15) is 0 Å². The van der Waals surface area contributed by atoms with Gasteiger partial charge in [-0.3, -0.25) is 4.90 Å². The van der Waals surface area contributed by atoms with Crippen LogP contribution in [0.25, 0.3) is 0 Å². The molecule has 10 heteroatoms. The smallest absolute Gasteiger partial charge is 0.325 e. The van der Waals surface area contributed by atoms with E-state index in [2.05, 4.69) is 10.2 Å². The minimum atomic E-state index is -3.63. The van der Waals surface area contributed by atoms with E-state index in [1.54, 1.807) is 27.9 Å². The molecule has 0 aliphatic carbocycles. The summed E-state index contributed by atoms with van der Waals surface area (Å²) in [6.07, 6.45) is 0. The maximum absolute atomic E-state index is 12.3. The SMILES string of the molecule is CCN(CC)S(=O)(=O)c1nnc(N(C)C(=O)N(C)C)s1. The Kier molecular flexibility index (Phi) is 5.42. The van der Waals surface area contributed by atoms with Crippen molar-refractivity contribution in [3.63, 3.8) is 0 Å². The van der Waals surface area contributed by atoms with Gasteiger partial charge in [-0.1, -0.05) is 25.2 Å². The summed E-state index contributed by atoms with van der Waals surface area (Å²) >= 11 is 0.879. The van der Waals surface area contributed by atoms with Gasteiger partial charge in [0.25, 0.3) is 10.0 Å². The van der Waals surface area contributed by atoms with E-state index in [9.17, 15) is 13.2 Å². The number of hydrogen-bond donors (Lipinski definition) is 0. The zero-order chi connectivity index (χ0) is 15.5. The van der Waals surface area contributed by atoms with Crippen molar-refractivity contribution in [2.75, 3.05) is 39.1 Å². The molecule has 0 spiro atoms. The summed E-state index contributed by atoms with van der Waals surface area (Å²) in [5.74, 6) is 0. The molecule has 0 saturated carbocycles. The molecule has 20 heavy (non-hydrogen) atoms. The van der Waals surface area contributed by atoms with Crippen LogP contribution in [0.4, 0.5) is 9.93 Å². The lowest BCUT2D eigenvalue weighted by molar-refractivity contribution is 0.225. The van der Waals surface area contributed by atoms with Crippen LogP contribution >= 0.6 is 11.3 Å². The van der Waals surface area contributed by atoms with Crippen molar-refractivity contribution in [2.45, 2.75) is 18.2 Å². The second kappa shape index (κ2) is 6.46. The van der Waals surface area contributed by atoms with Gasteiger partial charge >= 0.3 is 6.03 Å². The van der Waals surface area contributed by atoms with E-state index >= 15 is 0 Å². The first-order valence-electron chi connectivity index (χ1n) is 6.04. The molecule has 1 aromatic rings. The summed E-state index contributed by atoms with van der Waals surface area (Å²) in [5.41, 5.74) is 0. The van der Waals surface area contributed by atoms with Crippen LogP contribution in [0.15, 0.2) is 4.34 Å². The van der Waals surface area contributed by atoms with Crippen molar-refractivity contribution in [3.8, 4) is 0 Å². The third-order valence-electron chi connectivity index (χ3n) is 2.62. The number of sulfonamides is 1. The Morgan fingerprint density at radius 3 is 2.15 bits per heavy atom. The van der Waals surface area contributed by atoms with Gasteiger partial charge < -0.3 is 4.90 Å². The van der Waals surface area contributed by atoms with Crippen LogP contribution in [0.3, 0.4) is 0 Å². The molecule has 0 aliphatic rings. The van der Waals surface area contributed by atoms with Crippen molar-refractivity contribution in [1.29, 1.82) is 0 Å². The van der Waals surface area contributed by atoms with Gasteiger partial charge in [-0.15, -0.1) is 10.2 Å². The van der Waals surface area contributed by atoms with Crippen molar-refractivity contribution in [2.24, 2.45) is 0 Å². The molecule has 0 radical (unpaired) electrons. The summed E-state index contributed by atoms with van der Waals surface area (Å²) in [5, 5.41) is 7.72. The van der Waals surface area contributed by atoms with Gasteiger partial charge in [-0.25, -0.2) is 13.2 Å². The lowest BCUT2D eigenvalue weighted by atomic mass is 10.7. The van der Waals surface area contributed by atoms with Gasteiger partial charge in [0.05, 0.1) is 0 Å².